The summed E-state index contributed by atoms with van der Waals surface area (Å²) in [5.41, 5.74) is 0. The van der Waals surface area contributed by atoms with Crippen molar-refractivity contribution in [1.29, 1.82) is 0 Å². The zero-order valence-corrected chi connectivity index (χ0v) is 14.7. The minimum atomic E-state index is -0.0266. The average Bonchev–Trinajstić information content (AvgIpc) is 2.86. The predicted molar refractivity (Wildman–Crippen MR) is 94.6 cm³/mol. The summed E-state index contributed by atoms with van der Waals surface area (Å²) in [7, 11) is 3.45. The third kappa shape index (κ3) is 6.76. The molecule has 22 heavy (non-hydrogen) atoms. The van der Waals surface area contributed by atoms with Crippen molar-refractivity contribution in [2.45, 2.75) is 26.3 Å². The van der Waals surface area contributed by atoms with E-state index in [1.807, 2.05) is 0 Å². The number of nitrogens with zero attached hydrogens (tertiary/aromatic N) is 2. The lowest BCUT2D eigenvalue weighted by molar-refractivity contribution is -0.127. The van der Waals surface area contributed by atoms with Crippen LogP contribution in [0.25, 0.3) is 0 Å². The van der Waals surface area contributed by atoms with Gasteiger partial charge in [0, 0.05) is 42.9 Å². The average molecular weight is 322 g/mol. The number of rotatable bonds is 7. The summed E-state index contributed by atoms with van der Waals surface area (Å²) < 4.78 is 0. The zero-order chi connectivity index (χ0) is 16.5. The number of carbonyl (C=O) groups excluding carboxylic acids is 1. The van der Waals surface area contributed by atoms with Crippen LogP contribution in [-0.2, 0) is 11.2 Å². The van der Waals surface area contributed by atoms with Crippen molar-refractivity contribution < 1.29 is 4.79 Å². The number of aryl methyl sites for hydroxylation is 1. The van der Waals surface area contributed by atoms with Gasteiger partial charge in [0.2, 0.25) is 5.91 Å². The first-order chi connectivity index (χ1) is 10.4. The molecule has 0 saturated carbocycles. The third-order valence-corrected chi connectivity index (χ3v) is 3.99. The minimum absolute atomic E-state index is 0.0266. The van der Waals surface area contributed by atoms with Crippen LogP contribution in [0.5, 0.6) is 0 Å². The maximum Gasteiger partial charge on any atom is 0.243 e. The molecule has 0 aliphatic carbocycles. The highest BCUT2D eigenvalue weighted by atomic mass is 32.1. The predicted octanol–water partition coefficient (Wildman–Crippen LogP) is 1.80. The lowest BCUT2D eigenvalue weighted by Crippen LogP contribution is -2.43. The maximum atomic E-state index is 11.6. The molecular weight excluding hydrogens is 296 g/mol. The van der Waals surface area contributed by atoms with Gasteiger partial charge < -0.3 is 15.5 Å². The zero-order valence-electron chi connectivity index (χ0n) is 13.8. The Morgan fingerprint density at radius 1 is 1.50 bits per heavy atom. The fraction of sp³-hybridized carbons (Fsp3) is 0.500. The molecule has 0 spiro atoms. The Kier molecular flexibility index (Phi) is 7.66. The Morgan fingerprint density at radius 2 is 2.23 bits per heavy atom. The van der Waals surface area contributed by atoms with Gasteiger partial charge in [-0.05, 0) is 26.0 Å². The van der Waals surface area contributed by atoms with Gasteiger partial charge in [0.25, 0.3) is 0 Å². The summed E-state index contributed by atoms with van der Waals surface area (Å²) in [6.07, 6.45) is 2.69. The van der Waals surface area contributed by atoms with Crippen molar-refractivity contribution in [1.82, 2.24) is 15.5 Å². The van der Waals surface area contributed by atoms with Crippen molar-refractivity contribution in [3.63, 3.8) is 0 Å². The number of carbonyl (C=O) groups is 1. The normalized spacial score (nSPS) is 12.6. The van der Waals surface area contributed by atoms with Gasteiger partial charge >= 0.3 is 0 Å². The first-order valence-electron chi connectivity index (χ1n) is 7.33. The molecule has 1 atom stereocenters. The second kappa shape index (κ2) is 9.25. The Balaban J connectivity index is 2.60. The molecule has 0 aromatic carbocycles. The van der Waals surface area contributed by atoms with Crippen LogP contribution in [0.2, 0.25) is 0 Å². The summed E-state index contributed by atoms with van der Waals surface area (Å²) in [6.45, 7) is 8.63. The highest BCUT2D eigenvalue weighted by molar-refractivity contribution is 7.11. The second-order valence-corrected chi connectivity index (χ2v) is 6.76. The molecular formula is C16H26N4OS. The number of aliphatic imine (C=N–C) groups is 1. The van der Waals surface area contributed by atoms with Crippen LogP contribution < -0.4 is 10.6 Å². The summed E-state index contributed by atoms with van der Waals surface area (Å²) >= 11 is 1.81. The van der Waals surface area contributed by atoms with E-state index in [2.05, 4.69) is 48.2 Å². The number of likely N-dealkylation sites (N-methyl/N-ethyl adjacent to an activating group) is 1. The molecule has 1 amide bonds. The molecule has 1 aromatic rings. The molecule has 1 heterocycles. The van der Waals surface area contributed by atoms with Crippen LogP contribution >= 0.6 is 11.3 Å². The van der Waals surface area contributed by atoms with Crippen molar-refractivity contribution >= 4 is 23.2 Å². The number of thiophene rings is 1. The van der Waals surface area contributed by atoms with E-state index in [0.717, 1.165) is 6.42 Å². The maximum absolute atomic E-state index is 11.6. The first kappa shape index (κ1) is 18.2. The minimum Gasteiger partial charge on any atom is -0.354 e. The topological polar surface area (TPSA) is 56.7 Å². The SMILES string of the molecule is C=CCNC(=NCC(=O)N(C)C)NC(C)Cc1ccc(C)s1. The lowest BCUT2D eigenvalue weighted by Gasteiger charge is -2.17. The van der Waals surface area contributed by atoms with E-state index < -0.39 is 0 Å². The van der Waals surface area contributed by atoms with Gasteiger partial charge in [-0.15, -0.1) is 17.9 Å². The molecule has 0 aliphatic heterocycles. The van der Waals surface area contributed by atoms with Gasteiger partial charge in [-0.25, -0.2) is 4.99 Å². The van der Waals surface area contributed by atoms with Crippen LogP contribution in [0.4, 0.5) is 0 Å². The molecule has 1 unspecified atom stereocenters. The van der Waals surface area contributed by atoms with E-state index in [1.165, 1.54) is 14.7 Å². The van der Waals surface area contributed by atoms with E-state index in [4.69, 9.17) is 0 Å². The van der Waals surface area contributed by atoms with Crippen LogP contribution in [0.1, 0.15) is 16.7 Å². The Bertz CT molecular complexity index is 522. The van der Waals surface area contributed by atoms with E-state index in [0.29, 0.717) is 12.5 Å². The molecule has 1 aromatic heterocycles. The lowest BCUT2D eigenvalue weighted by atomic mass is 10.2. The van der Waals surface area contributed by atoms with Gasteiger partial charge in [0.1, 0.15) is 6.54 Å². The smallest absolute Gasteiger partial charge is 0.243 e. The van der Waals surface area contributed by atoms with Crippen molar-refractivity contribution in [2.24, 2.45) is 4.99 Å². The van der Waals surface area contributed by atoms with E-state index in [1.54, 1.807) is 31.5 Å². The number of hydrogen-bond donors (Lipinski definition) is 2. The summed E-state index contributed by atoms with van der Waals surface area (Å²) in [4.78, 5) is 20.2. The fourth-order valence-electron chi connectivity index (χ4n) is 1.79. The van der Waals surface area contributed by atoms with Crippen molar-refractivity contribution in [3.8, 4) is 0 Å². The van der Waals surface area contributed by atoms with Gasteiger partial charge in [-0.3, -0.25) is 4.79 Å². The van der Waals surface area contributed by atoms with Crippen molar-refractivity contribution in [3.05, 3.63) is 34.5 Å². The summed E-state index contributed by atoms with van der Waals surface area (Å²) in [5, 5.41) is 6.47. The van der Waals surface area contributed by atoms with Crippen molar-refractivity contribution in [2.75, 3.05) is 27.2 Å². The van der Waals surface area contributed by atoms with E-state index >= 15 is 0 Å². The first-order valence-corrected chi connectivity index (χ1v) is 8.15. The monoisotopic (exact) mass is 322 g/mol. The van der Waals surface area contributed by atoms with Gasteiger partial charge in [0.05, 0.1) is 0 Å². The molecule has 5 nitrogen and oxygen atoms in total. The number of amides is 1. The summed E-state index contributed by atoms with van der Waals surface area (Å²) in [6, 6.07) is 4.51. The van der Waals surface area contributed by atoms with Gasteiger partial charge in [-0.1, -0.05) is 6.08 Å². The van der Waals surface area contributed by atoms with Crippen LogP contribution in [0, 0.1) is 6.92 Å². The second-order valence-electron chi connectivity index (χ2n) is 5.38. The van der Waals surface area contributed by atoms with Gasteiger partial charge in [-0.2, -0.15) is 0 Å². The Labute approximate surface area is 137 Å². The molecule has 0 aliphatic rings. The molecule has 0 radical (unpaired) electrons. The third-order valence-electron chi connectivity index (χ3n) is 2.97. The highest BCUT2D eigenvalue weighted by Crippen LogP contribution is 2.16. The van der Waals surface area contributed by atoms with E-state index in [-0.39, 0.29) is 18.5 Å². The summed E-state index contributed by atoms with van der Waals surface area (Å²) in [5.74, 6) is 0.608. The number of guanidine groups is 1. The molecule has 6 heteroatoms. The van der Waals surface area contributed by atoms with Crippen LogP contribution in [0.3, 0.4) is 0 Å². The highest BCUT2D eigenvalue weighted by Gasteiger charge is 2.09. The molecule has 0 saturated heterocycles. The molecule has 2 N–H and O–H groups in total. The van der Waals surface area contributed by atoms with Crippen LogP contribution in [-0.4, -0.2) is 50.0 Å². The Morgan fingerprint density at radius 3 is 2.77 bits per heavy atom. The Hall–Kier alpha value is -1.82. The molecule has 1 rings (SSSR count). The molecule has 0 fully saturated rings. The van der Waals surface area contributed by atoms with Crippen LogP contribution in [0.15, 0.2) is 29.8 Å². The number of hydrogen-bond acceptors (Lipinski definition) is 3. The fourth-order valence-corrected chi connectivity index (χ4v) is 2.81. The molecule has 0 bridgehead atoms. The number of nitrogens with one attached hydrogen (secondary N) is 2. The molecule has 122 valence electrons. The standard InChI is InChI=1S/C16H26N4OS/c1-6-9-17-16(18-11-15(21)20(4)5)19-12(2)10-14-8-7-13(3)22-14/h6-8,12H,1,9-11H2,2-5H3,(H2,17,18,19). The largest absolute Gasteiger partial charge is 0.354 e. The van der Waals surface area contributed by atoms with Gasteiger partial charge in [0.15, 0.2) is 5.96 Å². The quantitative estimate of drug-likeness (QED) is 0.457. The van der Waals surface area contributed by atoms with E-state index in [9.17, 15) is 4.79 Å².